The van der Waals surface area contributed by atoms with Crippen LogP contribution in [0.15, 0.2) is 62.8 Å². The summed E-state index contributed by atoms with van der Waals surface area (Å²) in [7, 11) is -3.46. The molecule has 1 N–H and O–H groups in total. The first-order valence-electron chi connectivity index (χ1n) is 8.49. The summed E-state index contributed by atoms with van der Waals surface area (Å²) in [6.45, 7) is 2.15. The highest BCUT2D eigenvalue weighted by Gasteiger charge is 2.27. The highest BCUT2D eigenvalue weighted by molar-refractivity contribution is 7.91. The number of thiophene rings is 2. The van der Waals surface area contributed by atoms with Crippen LogP contribution in [0.5, 0.6) is 0 Å². The van der Waals surface area contributed by atoms with Gasteiger partial charge in [0.1, 0.15) is 4.21 Å². The summed E-state index contributed by atoms with van der Waals surface area (Å²) in [4.78, 5) is 2.38. The predicted molar refractivity (Wildman–Crippen MR) is 107 cm³/mol. The maximum Gasteiger partial charge on any atom is 0.250 e. The van der Waals surface area contributed by atoms with Gasteiger partial charge in [0.25, 0.3) is 0 Å². The minimum Gasteiger partial charge on any atom is -0.290 e. The molecule has 7 heteroatoms. The van der Waals surface area contributed by atoms with Gasteiger partial charge in [-0.05, 0) is 51.4 Å². The Labute approximate surface area is 162 Å². The van der Waals surface area contributed by atoms with Gasteiger partial charge in [-0.2, -0.15) is 11.3 Å². The summed E-state index contributed by atoms with van der Waals surface area (Å²) in [5, 5.41) is 5.95. The van der Waals surface area contributed by atoms with Crippen molar-refractivity contribution in [2.45, 2.75) is 23.2 Å². The van der Waals surface area contributed by atoms with Crippen LogP contribution >= 0.6 is 22.7 Å². The van der Waals surface area contributed by atoms with Gasteiger partial charge in [0.05, 0.1) is 0 Å². The first kappa shape index (κ1) is 17.9. The molecule has 1 aliphatic rings. The topological polar surface area (TPSA) is 49.4 Å². The van der Waals surface area contributed by atoms with Gasteiger partial charge in [0.2, 0.25) is 10.0 Å². The molecule has 0 fully saturated rings. The van der Waals surface area contributed by atoms with E-state index in [1.54, 1.807) is 28.8 Å². The number of fused-ring (bicyclic) bond motifs is 1. The van der Waals surface area contributed by atoms with Crippen molar-refractivity contribution < 1.29 is 8.42 Å². The van der Waals surface area contributed by atoms with Crippen molar-refractivity contribution in [1.29, 1.82) is 0 Å². The molecule has 0 amide bonds. The largest absolute Gasteiger partial charge is 0.290 e. The van der Waals surface area contributed by atoms with E-state index >= 15 is 0 Å². The van der Waals surface area contributed by atoms with E-state index in [1.807, 2.05) is 5.38 Å². The quantitative estimate of drug-likeness (QED) is 0.678. The minimum atomic E-state index is -3.46. The van der Waals surface area contributed by atoms with Crippen molar-refractivity contribution in [3.05, 3.63) is 75.3 Å². The van der Waals surface area contributed by atoms with Crippen LogP contribution in [0.25, 0.3) is 0 Å². The highest BCUT2D eigenvalue weighted by atomic mass is 32.2. The van der Waals surface area contributed by atoms with Gasteiger partial charge in [0, 0.05) is 25.7 Å². The first-order chi connectivity index (χ1) is 12.6. The third-order valence-corrected chi connectivity index (χ3v) is 8.28. The molecule has 3 aromatic rings. The zero-order valence-corrected chi connectivity index (χ0v) is 16.6. The van der Waals surface area contributed by atoms with Gasteiger partial charge in [0.15, 0.2) is 0 Å². The SMILES string of the molecule is O=S(=O)(NCC(c1ccsc1)N1CCc2ccccc2C1)c1cccs1. The van der Waals surface area contributed by atoms with Gasteiger partial charge < -0.3 is 0 Å². The van der Waals surface area contributed by atoms with Crippen molar-refractivity contribution in [3.63, 3.8) is 0 Å². The molecule has 0 bridgehead atoms. The average molecular weight is 405 g/mol. The van der Waals surface area contributed by atoms with Crippen molar-refractivity contribution in [2.75, 3.05) is 13.1 Å². The molecule has 0 saturated heterocycles. The second-order valence-electron chi connectivity index (χ2n) is 6.35. The second kappa shape index (κ2) is 7.62. The van der Waals surface area contributed by atoms with E-state index in [2.05, 4.69) is 45.3 Å². The number of hydrogen-bond donors (Lipinski definition) is 1. The van der Waals surface area contributed by atoms with E-state index in [1.165, 1.54) is 28.0 Å². The van der Waals surface area contributed by atoms with Crippen molar-refractivity contribution >= 4 is 32.7 Å². The van der Waals surface area contributed by atoms with Gasteiger partial charge in [-0.1, -0.05) is 30.3 Å². The smallest absolute Gasteiger partial charge is 0.250 e. The third-order valence-electron chi connectivity index (χ3n) is 4.76. The standard InChI is InChI=1S/C19H20N2O2S3/c22-26(23,19-6-3-10-25-19)20-12-18(17-8-11-24-14-17)21-9-7-15-4-1-2-5-16(15)13-21/h1-6,8,10-11,14,18,20H,7,9,12-13H2. The van der Waals surface area contributed by atoms with Crippen LogP contribution in [0.1, 0.15) is 22.7 Å². The van der Waals surface area contributed by atoms with E-state index in [9.17, 15) is 8.42 Å². The molecule has 136 valence electrons. The number of hydrogen-bond acceptors (Lipinski definition) is 5. The molecular formula is C19H20N2O2S3. The fourth-order valence-electron chi connectivity index (χ4n) is 3.38. The molecule has 2 aromatic heterocycles. The van der Waals surface area contributed by atoms with Crippen LogP contribution in [-0.2, 0) is 23.0 Å². The lowest BCUT2D eigenvalue weighted by molar-refractivity contribution is 0.181. The highest BCUT2D eigenvalue weighted by Crippen LogP contribution is 2.29. The lowest BCUT2D eigenvalue weighted by atomic mass is 9.97. The fourth-order valence-corrected chi connectivity index (χ4v) is 6.16. The number of sulfonamides is 1. The number of nitrogens with zero attached hydrogens (tertiary/aromatic N) is 1. The first-order valence-corrected chi connectivity index (χ1v) is 11.8. The molecular weight excluding hydrogens is 384 g/mol. The average Bonchev–Trinajstić information content (AvgIpc) is 3.36. The van der Waals surface area contributed by atoms with Crippen molar-refractivity contribution in [1.82, 2.24) is 9.62 Å². The zero-order valence-electron chi connectivity index (χ0n) is 14.2. The van der Waals surface area contributed by atoms with E-state index in [0.29, 0.717) is 10.8 Å². The fraction of sp³-hybridized carbons (Fsp3) is 0.263. The molecule has 1 atom stereocenters. The summed E-state index contributed by atoms with van der Waals surface area (Å²) in [6.07, 6.45) is 0.995. The number of rotatable bonds is 6. The van der Waals surface area contributed by atoms with E-state index in [4.69, 9.17) is 0 Å². The van der Waals surface area contributed by atoms with Crippen molar-refractivity contribution in [3.8, 4) is 0 Å². The molecule has 4 nitrogen and oxygen atoms in total. The number of benzene rings is 1. The Morgan fingerprint density at radius 2 is 1.92 bits per heavy atom. The second-order valence-corrected chi connectivity index (χ2v) is 10.1. The lowest BCUT2D eigenvalue weighted by Crippen LogP contribution is -2.40. The van der Waals surface area contributed by atoms with Crippen LogP contribution in [-0.4, -0.2) is 26.4 Å². The van der Waals surface area contributed by atoms with Gasteiger partial charge >= 0.3 is 0 Å². The summed E-state index contributed by atoms with van der Waals surface area (Å²) in [6, 6.07) is 14.0. The Hall–Kier alpha value is -1.51. The third kappa shape index (κ3) is 3.77. The molecule has 0 aliphatic carbocycles. The molecule has 26 heavy (non-hydrogen) atoms. The summed E-state index contributed by atoms with van der Waals surface area (Å²) in [5.41, 5.74) is 3.90. The normalized spacial score (nSPS) is 16.3. The van der Waals surface area contributed by atoms with Crippen LogP contribution in [0, 0.1) is 0 Å². The summed E-state index contributed by atoms with van der Waals surface area (Å²) >= 11 is 2.89. The molecule has 1 aromatic carbocycles. The summed E-state index contributed by atoms with van der Waals surface area (Å²) in [5.74, 6) is 0. The van der Waals surface area contributed by atoms with Crippen LogP contribution in [0.3, 0.4) is 0 Å². The molecule has 4 rings (SSSR count). The van der Waals surface area contributed by atoms with Gasteiger partial charge in [-0.3, -0.25) is 4.90 Å². The molecule has 1 aliphatic heterocycles. The Balaban J connectivity index is 1.55. The van der Waals surface area contributed by atoms with Gasteiger partial charge in [-0.25, -0.2) is 13.1 Å². The predicted octanol–water partition coefficient (Wildman–Crippen LogP) is 3.89. The maximum absolute atomic E-state index is 12.5. The Kier molecular flexibility index (Phi) is 5.24. The molecule has 0 radical (unpaired) electrons. The van der Waals surface area contributed by atoms with Crippen molar-refractivity contribution in [2.24, 2.45) is 0 Å². The van der Waals surface area contributed by atoms with E-state index in [-0.39, 0.29) is 6.04 Å². The van der Waals surface area contributed by atoms with Crippen LogP contribution < -0.4 is 4.72 Å². The van der Waals surface area contributed by atoms with Crippen LogP contribution in [0.4, 0.5) is 0 Å². The summed E-state index contributed by atoms with van der Waals surface area (Å²) < 4.78 is 28.2. The Bertz CT molecular complexity index is 951. The monoisotopic (exact) mass is 404 g/mol. The minimum absolute atomic E-state index is 0.0318. The van der Waals surface area contributed by atoms with Gasteiger partial charge in [-0.15, -0.1) is 11.3 Å². The van der Waals surface area contributed by atoms with E-state index in [0.717, 1.165) is 19.5 Å². The molecule has 3 heterocycles. The molecule has 0 spiro atoms. The van der Waals surface area contributed by atoms with E-state index < -0.39 is 10.0 Å². The number of nitrogens with one attached hydrogen (secondary N) is 1. The van der Waals surface area contributed by atoms with Crippen LogP contribution in [0.2, 0.25) is 0 Å². The zero-order chi connectivity index (χ0) is 18.0. The molecule has 0 saturated carbocycles. The Morgan fingerprint density at radius 1 is 1.08 bits per heavy atom. The molecule has 1 unspecified atom stereocenters. The maximum atomic E-state index is 12.5. The lowest BCUT2D eigenvalue weighted by Gasteiger charge is -2.35. The Morgan fingerprint density at radius 3 is 2.65 bits per heavy atom.